The van der Waals surface area contributed by atoms with Crippen LogP contribution in [0.4, 0.5) is 10.7 Å². The Labute approximate surface area is 157 Å². The van der Waals surface area contributed by atoms with E-state index in [0.29, 0.717) is 5.75 Å². The van der Waals surface area contributed by atoms with Crippen LogP contribution in [0.5, 0.6) is 5.75 Å². The first-order chi connectivity index (χ1) is 12.8. The van der Waals surface area contributed by atoms with Crippen molar-refractivity contribution in [2.24, 2.45) is 5.10 Å². The predicted molar refractivity (Wildman–Crippen MR) is 108 cm³/mol. The highest BCUT2D eigenvalue weighted by atomic mass is 32.1. The van der Waals surface area contributed by atoms with Crippen molar-refractivity contribution < 1.29 is 9.53 Å². The second-order valence-corrected chi connectivity index (χ2v) is 7.16. The molecule has 1 saturated heterocycles. The number of carbonyl (C=O) groups excluding carboxylic acids is 1. The molecule has 2 heterocycles. The Hall–Kier alpha value is -2.54. The highest BCUT2D eigenvalue weighted by Gasteiger charge is 2.12. The Morgan fingerprint density at radius 3 is 2.85 bits per heavy atom. The molecule has 0 unspecified atom stereocenters. The normalized spacial score (nSPS) is 14.4. The first-order valence-corrected chi connectivity index (χ1v) is 9.61. The molecule has 1 fully saturated rings. The Morgan fingerprint density at radius 1 is 1.23 bits per heavy atom. The summed E-state index contributed by atoms with van der Waals surface area (Å²) >= 11 is 1.70. The molecule has 0 saturated carbocycles. The smallest absolute Gasteiger partial charge is 0.259 e. The van der Waals surface area contributed by atoms with Crippen LogP contribution >= 0.6 is 11.3 Å². The van der Waals surface area contributed by atoms with Gasteiger partial charge >= 0.3 is 0 Å². The lowest BCUT2D eigenvalue weighted by molar-refractivity contribution is -0.119. The van der Waals surface area contributed by atoms with Gasteiger partial charge in [0.1, 0.15) is 5.75 Å². The number of methoxy groups -OCH3 is 1. The van der Waals surface area contributed by atoms with Gasteiger partial charge in [-0.15, -0.1) is 11.3 Å². The molecule has 0 atom stereocenters. The van der Waals surface area contributed by atoms with E-state index >= 15 is 0 Å². The molecule has 0 spiro atoms. The molecule has 2 N–H and O–H groups in total. The fraction of sp³-hybridized carbons (Fsp3) is 0.368. The van der Waals surface area contributed by atoms with E-state index in [1.807, 2.05) is 30.3 Å². The first kappa shape index (κ1) is 18.3. The van der Waals surface area contributed by atoms with E-state index in [1.165, 1.54) is 24.3 Å². The van der Waals surface area contributed by atoms with E-state index in [0.717, 1.165) is 23.7 Å². The Balaban J connectivity index is 1.46. The molecule has 0 aliphatic carbocycles. The van der Waals surface area contributed by atoms with Crippen molar-refractivity contribution in [2.75, 3.05) is 37.0 Å². The van der Waals surface area contributed by atoms with Gasteiger partial charge in [0.25, 0.3) is 5.91 Å². The summed E-state index contributed by atoms with van der Waals surface area (Å²) in [6.45, 7) is 2.38. The third-order valence-corrected chi connectivity index (χ3v) is 5.29. The fourth-order valence-electron chi connectivity index (χ4n) is 2.87. The molecule has 1 amide bonds. The number of hydrogen-bond donors (Lipinski definition) is 2. The number of ether oxygens (including phenoxy) is 1. The van der Waals surface area contributed by atoms with E-state index in [1.54, 1.807) is 24.7 Å². The number of hydrazone groups is 1. The molecule has 0 bridgehead atoms. The van der Waals surface area contributed by atoms with Crippen LogP contribution in [-0.4, -0.2) is 38.9 Å². The molecule has 1 aliphatic heterocycles. The van der Waals surface area contributed by atoms with Crippen LogP contribution in [0.1, 0.15) is 24.1 Å². The number of rotatable bonds is 7. The van der Waals surface area contributed by atoms with Crippen LogP contribution in [0.15, 0.2) is 41.5 Å². The topological polar surface area (TPSA) is 66.0 Å². The van der Waals surface area contributed by atoms with Crippen LogP contribution in [0.2, 0.25) is 0 Å². The van der Waals surface area contributed by atoms with Crippen LogP contribution < -0.4 is 20.4 Å². The lowest BCUT2D eigenvalue weighted by Crippen LogP contribution is -2.28. The first-order valence-electron chi connectivity index (χ1n) is 8.80. The number of carbonyl (C=O) groups is 1. The van der Waals surface area contributed by atoms with Gasteiger partial charge in [0.05, 0.1) is 30.6 Å². The van der Waals surface area contributed by atoms with E-state index in [9.17, 15) is 4.79 Å². The third kappa shape index (κ3) is 4.98. The number of nitrogens with zero attached hydrogens (tertiary/aromatic N) is 2. The molecule has 26 heavy (non-hydrogen) atoms. The lowest BCUT2D eigenvalue weighted by atomic mass is 10.1. The molecular weight excluding hydrogens is 348 g/mol. The van der Waals surface area contributed by atoms with Crippen molar-refractivity contribution in [1.29, 1.82) is 0 Å². The zero-order chi connectivity index (χ0) is 18.2. The molecule has 1 aliphatic rings. The summed E-state index contributed by atoms with van der Waals surface area (Å²) in [6, 6.07) is 11.6. The lowest BCUT2D eigenvalue weighted by Gasteiger charge is -2.27. The second kappa shape index (κ2) is 9.24. The Morgan fingerprint density at radius 2 is 2.04 bits per heavy atom. The summed E-state index contributed by atoms with van der Waals surface area (Å²) in [6.07, 6.45) is 5.54. The average molecular weight is 372 g/mol. The van der Waals surface area contributed by atoms with Crippen molar-refractivity contribution in [3.63, 3.8) is 0 Å². The molecule has 1 aromatic heterocycles. The van der Waals surface area contributed by atoms with E-state index in [2.05, 4.69) is 26.8 Å². The zero-order valence-corrected chi connectivity index (χ0v) is 15.7. The maximum absolute atomic E-state index is 11.9. The van der Waals surface area contributed by atoms with Gasteiger partial charge in [-0.2, -0.15) is 5.10 Å². The standard InChI is InChI=1S/C19H24N4O2S/c1-25-17-8-4-3-7-16(17)20-14-18(24)22-21-13-15-9-10-19(26-15)23-11-5-2-6-12-23/h3-4,7-10,13,20H,2,5-6,11-12,14H2,1H3,(H,22,24). The van der Waals surface area contributed by atoms with Gasteiger partial charge in [0.15, 0.2) is 0 Å². The quantitative estimate of drug-likeness (QED) is 0.578. The van der Waals surface area contributed by atoms with Gasteiger partial charge in [-0.3, -0.25) is 4.79 Å². The molecule has 138 valence electrons. The molecule has 2 aromatic rings. The average Bonchev–Trinajstić information content (AvgIpc) is 3.16. The van der Waals surface area contributed by atoms with Gasteiger partial charge in [0.2, 0.25) is 0 Å². The summed E-state index contributed by atoms with van der Waals surface area (Å²) < 4.78 is 5.24. The summed E-state index contributed by atoms with van der Waals surface area (Å²) in [7, 11) is 1.60. The monoisotopic (exact) mass is 372 g/mol. The summed E-state index contributed by atoms with van der Waals surface area (Å²) in [4.78, 5) is 15.4. The van der Waals surface area contributed by atoms with Crippen molar-refractivity contribution in [2.45, 2.75) is 19.3 Å². The molecular formula is C19H24N4O2S. The van der Waals surface area contributed by atoms with Crippen molar-refractivity contribution in [1.82, 2.24) is 5.43 Å². The number of hydrogen-bond acceptors (Lipinski definition) is 6. The molecule has 3 rings (SSSR count). The van der Waals surface area contributed by atoms with E-state index in [4.69, 9.17) is 4.74 Å². The van der Waals surface area contributed by atoms with Crippen LogP contribution in [0.3, 0.4) is 0 Å². The minimum Gasteiger partial charge on any atom is -0.495 e. The van der Waals surface area contributed by atoms with Crippen molar-refractivity contribution in [3.05, 3.63) is 41.3 Å². The number of thiophene rings is 1. The van der Waals surface area contributed by atoms with Crippen molar-refractivity contribution in [3.8, 4) is 5.75 Å². The summed E-state index contributed by atoms with van der Waals surface area (Å²) in [5.74, 6) is 0.493. The fourth-order valence-corrected chi connectivity index (χ4v) is 3.80. The highest BCUT2D eigenvalue weighted by molar-refractivity contribution is 7.17. The minimum atomic E-state index is -0.208. The molecule has 1 aromatic carbocycles. The summed E-state index contributed by atoms with van der Waals surface area (Å²) in [5, 5.41) is 8.37. The molecule has 7 heteroatoms. The van der Waals surface area contributed by atoms with Gasteiger partial charge in [-0.05, 0) is 43.5 Å². The number of piperidine rings is 1. The summed E-state index contributed by atoms with van der Waals surface area (Å²) in [5.41, 5.74) is 3.32. The van der Waals surface area contributed by atoms with Gasteiger partial charge in [-0.25, -0.2) is 5.43 Å². The SMILES string of the molecule is COc1ccccc1NCC(=O)NN=Cc1ccc(N2CCCCC2)s1. The van der Waals surface area contributed by atoms with E-state index in [-0.39, 0.29) is 12.5 Å². The minimum absolute atomic E-state index is 0.126. The second-order valence-electron chi connectivity index (χ2n) is 6.07. The number of amides is 1. The molecule has 0 radical (unpaired) electrons. The van der Waals surface area contributed by atoms with Crippen LogP contribution in [0.25, 0.3) is 0 Å². The largest absolute Gasteiger partial charge is 0.495 e. The van der Waals surface area contributed by atoms with E-state index < -0.39 is 0 Å². The number of anilines is 2. The zero-order valence-electron chi connectivity index (χ0n) is 14.9. The third-order valence-electron chi connectivity index (χ3n) is 4.21. The van der Waals surface area contributed by atoms with Gasteiger partial charge in [-0.1, -0.05) is 12.1 Å². The van der Waals surface area contributed by atoms with Crippen molar-refractivity contribution >= 4 is 34.1 Å². The Bertz CT molecular complexity index is 754. The maximum Gasteiger partial charge on any atom is 0.259 e. The highest BCUT2D eigenvalue weighted by Crippen LogP contribution is 2.27. The van der Waals surface area contributed by atoms with Gasteiger partial charge < -0.3 is 15.0 Å². The number of nitrogens with one attached hydrogen (secondary N) is 2. The maximum atomic E-state index is 11.9. The Kier molecular flexibility index (Phi) is 6.49. The van der Waals surface area contributed by atoms with Crippen LogP contribution in [-0.2, 0) is 4.79 Å². The van der Waals surface area contributed by atoms with Gasteiger partial charge in [0, 0.05) is 18.0 Å². The predicted octanol–water partition coefficient (Wildman–Crippen LogP) is 3.31. The number of para-hydroxylation sites is 2. The van der Waals surface area contributed by atoms with Crippen LogP contribution in [0, 0.1) is 0 Å². The number of benzene rings is 1. The molecule has 6 nitrogen and oxygen atoms in total.